The lowest BCUT2D eigenvalue weighted by molar-refractivity contribution is 0.599. The fourth-order valence-electron chi connectivity index (χ4n) is 1.40. The highest BCUT2D eigenvalue weighted by Crippen LogP contribution is 2.26. The lowest BCUT2D eigenvalue weighted by Crippen LogP contribution is -2.16. The van der Waals surface area contributed by atoms with Crippen molar-refractivity contribution < 1.29 is 12.8 Å². The molecule has 0 bridgehead atoms. The molecule has 106 valence electrons. The number of hydrogen-bond donors (Lipinski definition) is 1. The molecule has 0 radical (unpaired) electrons. The van der Waals surface area contributed by atoms with Crippen molar-refractivity contribution in [1.82, 2.24) is 9.97 Å². The molecule has 0 aliphatic carbocycles. The Morgan fingerprint density at radius 2 is 1.80 bits per heavy atom. The van der Waals surface area contributed by atoms with Gasteiger partial charge in [-0.1, -0.05) is 35.3 Å². The van der Waals surface area contributed by atoms with Gasteiger partial charge in [0.1, 0.15) is 17.2 Å². The molecule has 0 aliphatic heterocycles. The zero-order valence-electron chi connectivity index (χ0n) is 9.85. The maximum Gasteiger partial charge on any atom is 0.238 e. The van der Waals surface area contributed by atoms with Gasteiger partial charge in [0, 0.05) is 0 Å². The summed E-state index contributed by atoms with van der Waals surface area (Å²) in [6, 6.07) is 5.12. The molecule has 0 fully saturated rings. The summed E-state index contributed by atoms with van der Waals surface area (Å²) in [6.45, 7) is 0. The summed E-state index contributed by atoms with van der Waals surface area (Å²) in [4.78, 5) is 7.31. The van der Waals surface area contributed by atoms with Crippen LogP contribution in [0.4, 0.5) is 10.2 Å². The maximum atomic E-state index is 12.7. The van der Waals surface area contributed by atoms with E-state index in [1.54, 1.807) is 0 Å². The van der Waals surface area contributed by atoms with E-state index in [4.69, 9.17) is 23.2 Å². The van der Waals surface area contributed by atoms with E-state index in [1.165, 1.54) is 24.3 Å². The third-order valence-corrected chi connectivity index (χ3v) is 4.23. The van der Waals surface area contributed by atoms with E-state index in [0.29, 0.717) is 5.56 Å². The van der Waals surface area contributed by atoms with E-state index in [-0.39, 0.29) is 21.7 Å². The van der Waals surface area contributed by atoms with Gasteiger partial charge in [0.05, 0.1) is 5.75 Å². The molecule has 9 heteroatoms. The van der Waals surface area contributed by atoms with E-state index < -0.39 is 15.8 Å². The van der Waals surface area contributed by atoms with Crippen LogP contribution in [0.25, 0.3) is 0 Å². The first kappa shape index (κ1) is 15.0. The average molecular weight is 336 g/mol. The van der Waals surface area contributed by atoms with Crippen molar-refractivity contribution >= 4 is 39.0 Å². The van der Waals surface area contributed by atoms with Crippen LogP contribution in [0.1, 0.15) is 5.56 Å². The van der Waals surface area contributed by atoms with Crippen molar-refractivity contribution in [1.29, 1.82) is 0 Å². The highest BCUT2D eigenvalue weighted by Gasteiger charge is 2.16. The normalized spacial score (nSPS) is 11.3. The molecule has 20 heavy (non-hydrogen) atoms. The number of sulfonamides is 1. The van der Waals surface area contributed by atoms with E-state index in [2.05, 4.69) is 14.7 Å². The van der Waals surface area contributed by atoms with E-state index >= 15 is 0 Å². The van der Waals surface area contributed by atoms with Crippen LogP contribution >= 0.6 is 23.2 Å². The van der Waals surface area contributed by atoms with Crippen LogP contribution < -0.4 is 4.72 Å². The van der Waals surface area contributed by atoms with Gasteiger partial charge in [-0.25, -0.2) is 22.8 Å². The molecule has 5 nitrogen and oxygen atoms in total. The maximum absolute atomic E-state index is 12.7. The number of hydrogen-bond acceptors (Lipinski definition) is 4. The molecule has 0 saturated heterocycles. The molecule has 2 aromatic rings. The molecule has 0 unspecified atom stereocenters. The number of halogens is 3. The molecule has 0 spiro atoms. The van der Waals surface area contributed by atoms with Crippen LogP contribution in [0.15, 0.2) is 30.6 Å². The van der Waals surface area contributed by atoms with Crippen molar-refractivity contribution in [2.75, 3.05) is 4.72 Å². The Morgan fingerprint density at radius 1 is 1.15 bits per heavy atom. The Kier molecular flexibility index (Phi) is 4.42. The minimum absolute atomic E-state index is 0.0545. The highest BCUT2D eigenvalue weighted by molar-refractivity contribution is 7.91. The first-order chi connectivity index (χ1) is 9.37. The number of aromatic nitrogens is 2. The Labute approximate surface area is 124 Å². The van der Waals surface area contributed by atoms with Crippen molar-refractivity contribution in [3.63, 3.8) is 0 Å². The summed E-state index contributed by atoms with van der Waals surface area (Å²) in [5.74, 6) is -0.885. The molecule has 2 rings (SSSR count). The van der Waals surface area contributed by atoms with Gasteiger partial charge in [0.25, 0.3) is 0 Å². The minimum atomic E-state index is -3.75. The topological polar surface area (TPSA) is 72.0 Å². The first-order valence-corrected chi connectivity index (χ1v) is 7.69. The van der Waals surface area contributed by atoms with Crippen LogP contribution in [0.3, 0.4) is 0 Å². The average Bonchev–Trinajstić information content (AvgIpc) is 2.37. The molecule has 1 aromatic heterocycles. The van der Waals surface area contributed by atoms with Crippen LogP contribution in [0.2, 0.25) is 10.2 Å². The van der Waals surface area contributed by atoms with E-state index in [0.717, 1.165) is 6.33 Å². The fourth-order valence-corrected chi connectivity index (χ4v) is 2.89. The molecule has 1 N–H and O–H groups in total. The predicted molar refractivity (Wildman–Crippen MR) is 74.7 cm³/mol. The largest absolute Gasteiger partial charge is 0.266 e. The molecule has 0 aliphatic rings. The van der Waals surface area contributed by atoms with Gasteiger partial charge in [0.15, 0.2) is 11.0 Å². The fraction of sp³-hybridized carbons (Fsp3) is 0.0909. The Hall–Kier alpha value is -1.44. The van der Waals surface area contributed by atoms with Crippen molar-refractivity contribution in [2.24, 2.45) is 0 Å². The Balaban J connectivity index is 2.19. The number of nitrogens with one attached hydrogen (secondary N) is 1. The number of anilines is 1. The van der Waals surface area contributed by atoms with E-state index in [1.807, 2.05) is 0 Å². The second-order valence-corrected chi connectivity index (χ2v) is 6.27. The molecule has 1 aromatic carbocycles. The van der Waals surface area contributed by atoms with Crippen LogP contribution in [0.5, 0.6) is 0 Å². The van der Waals surface area contributed by atoms with Crippen LogP contribution in [-0.4, -0.2) is 18.4 Å². The summed E-state index contributed by atoms with van der Waals surface area (Å²) in [5.41, 5.74) is 0.426. The standard InChI is InChI=1S/C11H8Cl2FN3O2S/c12-9-10(13)15-6-16-11(9)17-20(18,19)5-7-1-3-8(14)4-2-7/h1-4,6H,5H2,(H,15,16,17). The molecule has 0 saturated carbocycles. The summed E-state index contributed by atoms with van der Waals surface area (Å²) < 4.78 is 38.9. The number of nitrogens with zero attached hydrogens (tertiary/aromatic N) is 2. The van der Waals surface area contributed by atoms with Gasteiger partial charge in [-0.2, -0.15) is 0 Å². The lowest BCUT2D eigenvalue weighted by Gasteiger charge is -2.08. The van der Waals surface area contributed by atoms with E-state index in [9.17, 15) is 12.8 Å². The van der Waals surface area contributed by atoms with Crippen molar-refractivity contribution in [2.45, 2.75) is 5.75 Å². The summed E-state index contributed by atoms with van der Waals surface area (Å²) in [7, 11) is -3.75. The molecular formula is C11H8Cl2FN3O2S. The third-order valence-electron chi connectivity index (χ3n) is 2.27. The van der Waals surface area contributed by atoms with Crippen LogP contribution in [-0.2, 0) is 15.8 Å². The van der Waals surface area contributed by atoms with Crippen molar-refractivity contribution in [3.8, 4) is 0 Å². The van der Waals surface area contributed by atoms with Gasteiger partial charge < -0.3 is 0 Å². The Bertz CT molecular complexity index is 723. The molecule has 0 atom stereocenters. The SMILES string of the molecule is O=S(=O)(Cc1ccc(F)cc1)Nc1ncnc(Cl)c1Cl. The van der Waals surface area contributed by atoms with Gasteiger partial charge >= 0.3 is 0 Å². The second kappa shape index (κ2) is 5.90. The predicted octanol–water partition coefficient (Wildman–Crippen LogP) is 2.86. The first-order valence-electron chi connectivity index (χ1n) is 5.28. The molecular weight excluding hydrogens is 328 g/mol. The van der Waals surface area contributed by atoms with Gasteiger partial charge in [-0.15, -0.1) is 0 Å². The number of benzene rings is 1. The summed E-state index contributed by atoms with van der Waals surface area (Å²) >= 11 is 11.5. The molecule has 1 heterocycles. The highest BCUT2D eigenvalue weighted by atomic mass is 35.5. The monoisotopic (exact) mass is 335 g/mol. The Morgan fingerprint density at radius 3 is 2.45 bits per heavy atom. The van der Waals surface area contributed by atoms with Gasteiger partial charge in [0.2, 0.25) is 10.0 Å². The quantitative estimate of drug-likeness (QED) is 0.872. The zero-order chi connectivity index (χ0) is 14.8. The van der Waals surface area contributed by atoms with Gasteiger partial charge in [-0.3, -0.25) is 4.72 Å². The van der Waals surface area contributed by atoms with Crippen molar-refractivity contribution in [3.05, 3.63) is 52.1 Å². The third kappa shape index (κ3) is 3.78. The minimum Gasteiger partial charge on any atom is -0.266 e. The molecule has 0 amide bonds. The smallest absolute Gasteiger partial charge is 0.238 e. The summed E-state index contributed by atoms with van der Waals surface area (Å²) in [6.07, 6.45) is 1.09. The van der Waals surface area contributed by atoms with Crippen LogP contribution in [0, 0.1) is 5.82 Å². The van der Waals surface area contributed by atoms with Gasteiger partial charge in [-0.05, 0) is 17.7 Å². The summed E-state index contributed by atoms with van der Waals surface area (Å²) in [5, 5.41) is -0.141. The zero-order valence-corrected chi connectivity index (χ0v) is 12.2. The lowest BCUT2D eigenvalue weighted by atomic mass is 10.2. The number of rotatable bonds is 4. The second-order valence-electron chi connectivity index (χ2n) is 3.81.